The summed E-state index contributed by atoms with van der Waals surface area (Å²) in [5, 5.41) is 8.35. The van der Waals surface area contributed by atoms with Gasteiger partial charge >= 0.3 is 0 Å². The average molecular weight is 389 g/mol. The maximum absolute atomic E-state index is 13.7. The summed E-state index contributed by atoms with van der Waals surface area (Å²) in [6, 6.07) is 19.0. The molecule has 0 amide bonds. The molecule has 29 heavy (non-hydrogen) atoms. The first kappa shape index (κ1) is 19.2. The van der Waals surface area contributed by atoms with Gasteiger partial charge in [-0.25, -0.2) is 4.39 Å². The minimum absolute atomic E-state index is 0.248. The lowest BCUT2D eigenvalue weighted by molar-refractivity contribution is 0.316. The Bertz CT molecular complexity index is 1120. The number of nitrogens with zero attached hydrogens (tertiary/aromatic N) is 2. The standard InChI is InChI=1S/C24H24FN3O/c1-3-29-23-12-17(10-11-22(23)18-6-5-9-21(25)13-18)15-28(2)16-20-8-4-7-19-14-26-27-24(19)20/h4-14H,3,15-16H2,1-2H3,(H,26,27). The Morgan fingerprint density at radius 3 is 2.72 bits per heavy atom. The molecule has 5 heteroatoms. The number of ether oxygens (including phenoxy) is 1. The predicted octanol–water partition coefficient (Wildman–Crippen LogP) is 5.40. The predicted molar refractivity (Wildman–Crippen MR) is 114 cm³/mol. The molecule has 0 spiro atoms. The molecule has 0 saturated heterocycles. The van der Waals surface area contributed by atoms with Crippen molar-refractivity contribution in [1.82, 2.24) is 15.1 Å². The van der Waals surface area contributed by atoms with Crippen molar-refractivity contribution in [3.05, 3.63) is 83.8 Å². The van der Waals surface area contributed by atoms with E-state index in [1.165, 1.54) is 17.7 Å². The Kier molecular flexibility index (Phi) is 5.58. The quantitative estimate of drug-likeness (QED) is 0.460. The zero-order valence-corrected chi connectivity index (χ0v) is 16.7. The van der Waals surface area contributed by atoms with Crippen LogP contribution in [0.15, 0.2) is 66.9 Å². The normalized spacial score (nSPS) is 11.3. The van der Waals surface area contributed by atoms with Crippen molar-refractivity contribution in [1.29, 1.82) is 0 Å². The maximum atomic E-state index is 13.7. The van der Waals surface area contributed by atoms with Gasteiger partial charge < -0.3 is 4.74 Å². The van der Waals surface area contributed by atoms with Gasteiger partial charge in [0.2, 0.25) is 0 Å². The first-order valence-electron chi connectivity index (χ1n) is 9.75. The number of nitrogens with one attached hydrogen (secondary N) is 1. The van der Waals surface area contributed by atoms with E-state index in [1.807, 2.05) is 25.3 Å². The highest BCUT2D eigenvalue weighted by atomic mass is 19.1. The molecule has 0 saturated carbocycles. The number of hydrogen-bond acceptors (Lipinski definition) is 3. The summed E-state index contributed by atoms with van der Waals surface area (Å²) in [4.78, 5) is 2.25. The molecule has 1 N–H and O–H groups in total. The molecule has 148 valence electrons. The van der Waals surface area contributed by atoms with Gasteiger partial charge in [0.15, 0.2) is 0 Å². The van der Waals surface area contributed by atoms with E-state index in [9.17, 15) is 4.39 Å². The summed E-state index contributed by atoms with van der Waals surface area (Å²) in [6.45, 7) is 4.09. The summed E-state index contributed by atoms with van der Waals surface area (Å²) in [7, 11) is 2.09. The lowest BCUT2D eigenvalue weighted by Gasteiger charge is -2.19. The Balaban J connectivity index is 1.55. The number of fused-ring (bicyclic) bond motifs is 1. The molecule has 4 rings (SSSR count). The minimum Gasteiger partial charge on any atom is -0.493 e. The zero-order chi connectivity index (χ0) is 20.2. The van der Waals surface area contributed by atoms with Crippen molar-refractivity contribution < 1.29 is 9.13 Å². The summed E-state index contributed by atoms with van der Waals surface area (Å²) in [6.07, 6.45) is 1.85. The molecule has 0 atom stereocenters. The van der Waals surface area contributed by atoms with Crippen molar-refractivity contribution in [3.8, 4) is 16.9 Å². The number of aromatic amines is 1. The summed E-state index contributed by atoms with van der Waals surface area (Å²) >= 11 is 0. The van der Waals surface area contributed by atoms with E-state index in [0.29, 0.717) is 6.61 Å². The van der Waals surface area contributed by atoms with E-state index >= 15 is 0 Å². The topological polar surface area (TPSA) is 41.1 Å². The fourth-order valence-electron chi connectivity index (χ4n) is 3.65. The van der Waals surface area contributed by atoms with E-state index in [0.717, 1.165) is 46.4 Å². The van der Waals surface area contributed by atoms with Gasteiger partial charge in [-0.15, -0.1) is 0 Å². The first-order chi connectivity index (χ1) is 14.1. The number of hydrogen-bond donors (Lipinski definition) is 1. The van der Waals surface area contributed by atoms with E-state index < -0.39 is 0 Å². The third-order valence-electron chi connectivity index (χ3n) is 4.94. The fraction of sp³-hybridized carbons (Fsp3) is 0.208. The number of halogens is 1. The molecule has 0 bridgehead atoms. The highest BCUT2D eigenvalue weighted by Crippen LogP contribution is 2.32. The monoisotopic (exact) mass is 389 g/mol. The molecule has 3 aromatic carbocycles. The average Bonchev–Trinajstić information content (AvgIpc) is 3.18. The van der Waals surface area contributed by atoms with Crippen molar-refractivity contribution in [2.45, 2.75) is 20.0 Å². The highest BCUT2D eigenvalue weighted by molar-refractivity contribution is 5.81. The third-order valence-corrected chi connectivity index (χ3v) is 4.94. The number of para-hydroxylation sites is 1. The van der Waals surface area contributed by atoms with Crippen LogP contribution in [0.5, 0.6) is 5.75 Å². The van der Waals surface area contributed by atoms with Gasteiger partial charge in [0.05, 0.1) is 18.3 Å². The molecule has 1 heterocycles. The van der Waals surface area contributed by atoms with E-state index in [2.05, 4.69) is 52.5 Å². The van der Waals surface area contributed by atoms with E-state index in [-0.39, 0.29) is 5.82 Å². The Morgan fingerprint density at radius 1 is 1.03 bits per heavy atom. The first-order valence-corrected chi connectivity index (χ1v) is 9.75. The molecular formula is C24H24FN3O. The second-order valence-corrected chi connectivity index (χ2v) is 7.20. The van der Waals surface area contributed by atoms with E-state index in [1.54, 1.807) is 6.07 Å². The van der Waals surface area contributed by atoms with Gasteiger partial charge in [-0.1, -0.05) is 42.5 Å². The fourth-order valence-corrected chi connectivity index (χ4v) is 3.65. The van der Waals surface area contributed by atoms with Crippen molar-refractivity contribution in [2.75, 3.05) is 13.7 Å². The van der Waals surface area contributed by atoms with Crippen LogP contribution in [0.4, 0.5) is 4.39 Å². The van der Waals surface area contributed by atoms with Crippen LogP contribution < -0.4 is 4.74 Å². The number of benzene rings is 3. The zero-order valence-electron chi connectivity index (χ0n) is 16.7. The number of H-pyrrole nitrogens is 1. The Labute approximate surface area is 169 Å². The molecule has 4 aromatic rings. The van der Waals surface area contributed by atoms with Gasteiger partial charge in [-0.2, -0.15) is 5.10 Å². The molecule has 0 unspecified atom stereocenters. The number of rotatable bonds is 7. The SMILES string of the molecule is CCOc1cc(CN(C)Cc2cccc3cn[nH]c23)ccc1-c1cccc(F)c1. The van der Waals surface area contributed by atoms with Gasteiger partial charge in [-0.05, 0) is 48.9 Å². The van der Waals surface area contributed by atoms with Gasteiger partial charge in [-0.3, -0.25) is 10.00 Å². The molecule has 0 radical (unpaired) electrons. The maximum Gasteiger partial charge on any atom is 0.127 e. The summed E-state index contributed by atoms with van der Waals surface area (Å²) in [5.74, 6) is 0.529. The van der Waals surface area contributed by atoms with Crippen LogP contribution in [0.3, 0.4) is 0 Å². The van der Waals surface area contributed by atoms with Gasteiger partial charge in [0.1, 0.15) is 11.6 Å². The van der Waals surface area contributed by atoms with Crippen LogP contribution in [0, 0.1) is 5.82 Å². The van der Waals surface area contributed by atoms with Crippen LogP contribution in [-0.2, 0) is 13.1 Å². The smallest absolute Gasteiger partial charge is 0.127 e. The van der Waals surface area contributed by atoms with Crippen LogP contribution in [0.25, 0.3) is 22.0 Å². The van der Waals surface area contributed by atoms with Crippen LogP contribution >= 0.6 is 0 Å². The van der Waals surface area contributed by atoms with Crippen molar-refractivity contribution >= 4 is 10.9 Å². The second kappa shape index (κ2) is 8.45. The molecule has 0 aliphatic carbocycles. The molecule has 0 aliphatic rings. The molecular weight excluding hydrogens is 365 g/mol. The minimum atomic E-state index is -0.248. The van der Waals surface area contributed by atoms with Gasteiger partial charge in [0, 0.05) is 24.0 Å². The van der Waals surface area contributed by atoms with Crippen LogP contribution in [-0.4, -0.2) is 28.8 Å². The molecule has 0 aliphatic heterocycles. The van der Waals surface area contributed by atoms with Crippen LogP contribution in [0.1, 0.15) is 18.1 Å². The van der Waals surface area contributed by atoms with Gasteiger partial charge in [0.25, 0.3) is 0 Å². The molecule has 1 aromatic heterocycles. The van der Waals surface area contributed by atoms with Crippen LogP contribution in [0.2, 0.25) is 0 Å². The summed E-state index contributed by atoms with van der Waals surface area (Å²) < 4.78 is 19.5. The molecule has 0 fully saturated rings. The Morgan fingerprint density at radius 2 is 1.90 bits per heavy atom. The largest absolute Gasteiger partial charge is 0.493 e. The van der Waals surface area contributed by atoms with E-state index in [4.69, 9.17) is 4.74 Å². The lowest BCUT2D eigenvalue weighted by atomic mass is 10.0. The third kappa shape index (κ3) is 4.30. The highest BCUT2D eigenvalue weighted by Gasteiger charge is 2.11. The number of aromatic nitrogens is 2. The molecule has 4 nitrogen and oxygen atoms in total. The lowest BCUT2D eigenvalue weighted by Crippen LogP contribution is -2.17. The second-order valence-electron chi connectivity index (χ2n) is 7.20. The van der Waals surface area contributed by atoms with Crippen molar-refractivity contribution in [3.63, 3.8) is 0 Å². The summed E-state index contributed by atoms with van der Waals surface area (Å²) in [5.41, 5.74) is 5.16. The van der Waals surface area contributed by atoms with Crippen molar-refractivity contribution in [2.24, 2.45) is 0 Å². The Hall–Kier alpha value is -3.18.